The summed E-state index contributed by atoms with van der Waals surface area (Å²) in [5.41, 5.74) is 11.9. The fourth-order valence-electron chi connectivity index (χ4n) is 7.98. The van der Waals surface area contributed by atoms with Crippen molar-refractivity contribution in [2.45, 2.75) is 128 Å². The Labute approximate surface area is 421 Å². The van der Waals surface area contributed by atoms with Gasteiger partial charge in [0.25, 0.3) is 0 Å². The Hall–Kier alpha value is -6.36. The summed E-state index contributed by atoms with van der Waals surface area (Å²) in [5, 5.41) is 28.8. The lowest BCUT2D eigenvalue weighted by molar-refractivity contribution is -0.142. The molecule has 2 saturated heterocycles. The molecule has 0 aromatic heterocycles. The van der Waals surface area contributed by atoms with E-state index < -0.39 is 114 Å². The minimum absolute atomic E-state index is 0.00655. The van der Waals surface area contributed by atoms with Gasteiger partial charge in [-0.15, -0.1) is 0 Å². The van der Waals surface area contributed by atoms with Crippen LogP contribution in [0.5, 0.6) is 5.75 Å². The van der Waals surface area contributed by atoms with Gasteiger partial charge in [-0.3, -0.25) is 47.9 Å². The van der Waals surface area contributed by atoms with Gasteiger partial charge >= 0.3 is 0 Å². The van der Waals surface area contributed by atoms with Gasteiger partial charge in [0, 0.05) is 43.7 Å². The lowest BCUT2D eigenvalue weighted by Gasteiger charge is -2.31. The van der Waals surface area contributed by atoms with Gasteiger partial charge in [-0.1, -0.05) is 98.2 Å². The zero-order chi connectivity index (χ0) is 52.2. The molecule has 8 atom stereocenters. The van der Waals surface area contributed by atoms with Crippen LogP contribution in [0.3, 0.4) is 0 Å². The van der Waals surface area contributed by atoms with Gasteiger partial charge in [0.05, 0.1) is 6.54 Å². The molecular weight excluding hydrogens is 957 g/mol. The minimum atomic E-state index is -1.45. The first-order valence-electron chi connectivity index (χ1n) is 23.8. The highest BCUT2D eigenvalue weighted by atomic mass is 33.1. The number of rotatable bonds is 17. The summed E-state index contributed by atoms with van der Waals surface area (Å²) in [6.45, 7) is 6.91. The first-order valence-corrected chi connectivity index (χ1v) is 26.3. The minimum Gasteiger partial charge on any atom is -0.508 e. The first-order chi connectivity index (χ1) is 33.8. The Morgan fingerprint density at radius 1 is 0.775 bits per heavy atom. The van der Waals surface area contributed by atoms with Gasteiger partial charge in [-0.2, -0.15) is 0 Å². The van der Waals surface area contributed by atoms with Crippen molar-refractivity contribution in [3.05, 3.63) is 65.7 Å². The molecule has 2 aromatic carbocycles. The number of phenols is 1. The van der Waals surface area contributed by atoms with Gasteiger partial charge in [0.15, 0.2) is 0 Å². The van der Waals surface area contributed by atoms with Crippen LogP contribution in [-0.2, 0) is 60.8 Å². The largest absolute Gasteiger partial charge is 0.508 e. The molecule has 0 radical (unpaired) electrons. The molecule has 0 bridgehead atoms. The second-order valence-electron chi connectivity index (χ2n) is 18.2. The van der Waals surface area contributed by atoms with E-state index in [1.54, 1.807) is 56.3 Å². The summed E-state index contributed by atoms with van der Waals surface area (Å²) < 4.78 is 0. The molecule has 4 rings (SSSR count). The summed E-state index contributed by atoms with van der Waals surface area (Å²) in [5.74, 6) is -7.48. The normalized spacial score (nSPS) is 22.9. The maximum Gasteiger partial charge on any atom is 0.246 e. The van der Waals surface area contributed by atoms with E-state index in [0.29, 0.717) is 24.0 Å². The highest BCUT2D eigenvalue weighted by molar-refractivity contribution is 8.76. The predicted octanol–water partition coefficient (Wildman–Crippen LogP) is -0.178. The molecule has 0 unspecified atom stereocenters. The van der Waals surface area contributed by atoms with E-state index in [-0.39, 0.29) is 74.7 Å². The van der Waals surface area contributed by atoms with Crippen molar-refractivity contribution < 1.29 is 53.1 Å². The van der Waals surface area contributed by atoms with E-state index >= 15 is 0 Å². The molecule has 388 valence electrons. The number of nitrogens with two attached hydrogens (primary N) is 2. The number of nitrogens with zero attached hydrogens (tertiary/aromatic N) is 1. The van der Waals surface area contributed by atoms with E-state index in [4.69, 9.17) is 11.5 Å². The Kier molecular flexibility index (Phi) is 23.0. The van der Waals surface area contributed by atoms with Crippen LogP contribution in [0.25, 0.3) is 0 Å². The van der Waals surface area contributed by atoms with Crippen LogP contribution < -0.4 is 48.7 Å². The number of nitrogens with one attached hydrogen (secondary N) is 7. The highest BCUT2D eigenvalue weighted by Crippen LogP contribution is 2.26. The molecule has 2 aliphatic rings. The smallest absolute Gasteiger partial charge is 0.246 e. The number of aromatic hydroxyl groups is 1. The van der Waals surface area contributed by atoms with Gasteiger partial charge in [0.1, 0.15) is 48.0 Å². The number of carbonyl (C=O) groups is 10. The first kappa shape index (κ1) is 57.2. The zero-order valence-corrected chi connectivity index (χ0v) is 42.2. The Bertz CT molecular complexity index is 2200. The van der Waals surface area contributed by atoms with Crippen LogP contribution in [0.15, 0.2) is 54.6 Å². The number of hydrogen-bond acceptors (Lipinski definition) is 13. The van der Waals surface area contributed by atoms with E-state index in [9.17, 15) is 53.1 Å². The van der Waals surface area contributed by atoms with Crippen LogP contribution in [-0.4, -0.2) is 136 Å². The number of likely N-dealkylation sites (tertiary alicyclic amines) is 1. The number of hydrogen-bond donors (Lipinski definition) is 10. The van der Waals surface area contributed by atoms with Crippen LogP contribution in [0.2, 0.25) is 0 Å². The van der Waals surface area contributed by atoms with Crippen molar-refractivity contribution in [1.82, 2.24) is 42.1 Å². The molecule has 0 spiro atoms. The number of primary amides is 2. The third kappa shape index (κ3) is 18.7. The molecule has 23 heteroatoms. The standard InChI is InChI=1S/C48H68N10O11S2/c1-5-28(4)41-47(68)53-32(17-18-38(49)60)43(64)54-35(23-29-10-7-6-8-11-29)44(65)56-36(26-71-70-21-19-40(62)52-34(45(66)57-41)24-30-13-15-31(59)16-14-30)48(69)58-20-9-12-37(58)46(67)55-33(22-27(2)3)42(63)51-25-39(50)61/h6-8,10-11,13-16,27-28,32-37,41,59H,5,9,12,17-26H2,1-4H3,(H2,49,60)(H2,50,61)(H,51,63)(H,52,62)(H,53,68)(H,54,64)(H,55,67)(H,56,65)(H,57,66)/t28-,32-,33-,34-,35-,36-,37-,41-/m0/s1. The zero-order valence-electron chi connectivity index (χ0n) is 40.5. The third-order valence-electron chi connectivity index (χ3n) is 12.0. The lowest BCUT2D eigenvalue weighted by Crippen LogP contribution is -2.61. The van der Waals surface area contributed by atoms with E-state index in [2.05, 4.69) is 37.2 Å². The molecule has 0 aliphatic carbocycles. The second kappa shape index (κ2) is 28.5. The second-order valence-corrected chi connectivity index (χ2v) is 20.8. The molecule has 2 heterocycles. The van der Waals surface area contributed by atoms with Crippen LogP contribution in [0.1, 0.15) is 83.8 Å². The van der Waals surface area contributed by atoms with Crippen LogP contribution >= 0.6 is 21.6 Å². The van der Waals surface area contributed by atoms with Crippen molar-refractivity contribution in [2.24, 2.45) is 23.3 Å². The Balaban J connectivity index is 1.71. The van der Waals surface area contributed by atoms with Crippen molar-refractivity contribution >= 4 is 80.7 Å². The average Bonchev–Trinajstić information content (AvgIpc) is 3.83. The SMILES string of the molecule is CC[C@H](C)[C@@H]1NC(=O)[C@H](Cc2ccc(O)cc2)NC(=O)CCSSC[C@@H](C(=O)N2CCC[C@H]2C(=O)N[C@@H](CC(C)C)C(=O)NCC(N)=O)NC(=O)[C@H](Cc2ccccc2)NC(=O)[C@H](CCC(N)=O)NC1=O. The van der Waals surface area contributed by atoms with Gasteiger partial charge in [-0.05, 0) is 60.8 Å². The topological polar surface area (TPSA) is 330 Å². The maximum atomic E-state index is 14.7. The summed E-state index contributed by atoms with van der Waals surface area (Å²) in [4.78, 5) is 137. The number of benzene rings is 2. The van der Waals surface area contributed by atoms with Crippen LogP contribution in [0.4, 0.5) is 0 Å². The predicted molar refractivity (Wildman–Crippen MR) is 267 cm³/mol. The molecule has 21 nitrogen and oxygen atoms in total. The highest BCUT2D eigenvalue weighted by Gasteiger charge is 2.40. The number of amides is 10. The van der Waals surface area contributed by atoms with Crippen molar-refractivity contribution in [3.8, 4) is 5.75 Å². The number of phenolic OH excluding ortho intramolecular Hbond substituents is 1. The van der Waals surface area contributed by atoms with Gasteiger partial charge in [0.2, 0.25) is 59.1 Å². The third-order valence-corrected chi connectivity index (χ3v) is 14.4. The summed E-state index contributed by atoms with van der Waals surface area (Å²) in [6, 6.07) is 6.14. The molecule has 2 fully saturated rings. The van der Waals surface area contributed by atoms with E-state index in [0.717, 1.165) is 0 Å². The van der Waals surface area contributed by atoms with Gasteiger partial charge < -0.3 is 58.7 Å². The quantitative estimate of drug-likeness (QED) is 0.0922. The summed E-state index contributed by atoms with van der Waals surface area (Å²) >= 11 is 0. The van der Waals surface area contributed by atoms with Crippen molar-refractivity contribution in [2.75, 3.05) is 24.6 Å². The fourth-order valence-corrected chi connectivity index (χ4v) is 10.1. The molecule has 2 aromatic rings. The van der Waals surface area contributed by atoms with Crippen LogP contribution in [0, 0.1) is 11.8 Å². The maximum absolute atomic E-state index is 14.7. The van der Waals surface area contributed by atoms with Gasteiger partial charge in [-0.25, -0.2) is 0 Å². The molecule has 0 saturated carbocycles. The van der Waals surface area contributed by atoms with Crippen molar-refractivity contribution in [1.29, 1.82) is 0 Å². The molecule has 71 heavy (non-hydrogen) atoms. The summed E-state index contributed by atoms with van der Waals surface area (Å²) in [6.07, 6.45) is 0.464. The summed E-state index contributed by atoms with van der Waals surface area (Å²) in [7, 11) is 2.39. The Morgan fingerprint density at radius 2 is 1.39 bits per heavy atom. The number of carbonyl (C=O) groups excluding carboxylic acids is 10. The molecule has 2 aliphatic heterocycles. The average molecular weight is 1030 g/mol. The van der Waals surface area contributed by atoms with Crippen molar-refractivity contribution in [3.63, 3.8) is 0 Å². The Morgan fingerprint density at radius 3 is 2.03 bits per heavy atom. The monoisotopic (exact) mass is 1020 g/mol. The fraction of sp³-hybridized carbons (Fsp3) is 0.542. The molecular formula is C48H68N10O11S2. The lowest BCUT2D eigenvalue weighted by atomic mass is 9.96. The van der Waals surface area contributed by atoms with E-state index in [1.165, 1.54) is 38.6 Å². The molecule has 12 N–H and O–H groups in total. The van der Waals surface area contributed by atoms with E-state index in [1.807, 2.05) is 13.8 Å². The molecule has 10 amide bonds.